The molecule has 0 fully saturated rings. The molecule has 1 atom stereocenters. The zero-order valence-corrected chi connectivity index (χ0v) is 4.71. The van der Waals surface area contributed by atoms with Gasteiger partial charge in [-0.3, -0.25) is 0 Å². The van der Waals surface area contributed by atoms with Gasteiger partial charge in [0.15, 0.2) is 0 Å². The van der Waals surface area contributed by atoms with Gasteiger partial charge in [0.05, 0.1) is 6.04 Å². The third-order valence-electron chi connectivity index (χ3n) is 0.870. The Bertz CT molecular complexity index is 65.4. The quantitative estimate of drug-likeness (QED) is 0.478. The van der Waals surface area contributed by atoms with Gasteiger partial charge in [-0.2, -0.15) is 0 Å². The predicted molar refractivity (Wildman–Crippen MR) is 30.4 cm³/mol. The topological polar surface area (TPSA) is 63.3 Å². The number of carbonyl (C=O) groups excluding carboxylic acids is 1. The molecule has 8 heavy (non-hydrogen) atoms. The molecule has 0 radical (unpaired) electrons. The molecule has 0 saturated heterocycles. The van der Waals surface area contributed by atoms with Gasteiger partial charge in [0.25, 0.3) is 0 Å². The lowest BCUT2D eigenvalue weighted by atomic mass is 10.2. The van der Waals surface area contributed by atoms with Crippen LogP contribution in [0.15, 0.2) is 0 Å². The van der Waals surface area contributed by atoms with Crippen molar-refractivity contribution < 1.29 is 9.90 Å². The second-order valence-electron chi connectivity index (χ2n) is 1.67. The van der Waals surface area contributed by atoms with Crippen molar-refractivity contribution in [3.63, 3.8) is 0 Å². The monoisotopic (exact) mass is 117 g/mol. The molecule has 48 valence electrons. The molecule has 0 amide bonds. The standard InChI is InChI=1S/C5H11NO2/c6-5(4-8)2-1-3-7/h4-5,7H,1-3,6H2/t5-/m0/s1. The fraction of sp³-hybridized carbons (Fsp3) is 0.800. The number of carbonyl (C=O) groups is 1. The second kappa shape index (κ2) is 4.74. The van der Waals surface area contributed by atoms with E-state index in [1.54, 1.807) is 0 Å². The first-order chi connectivity index (χ1) is 3.81. The molecule has 3 N–H and O–H groups in total. The zero-order valence-electron chi connectivity index (χ0n) is 4.71. The molecule has 0 aliphatic carbocycles. The van der Waals surface area contributed by atoms with Crippen LogP contribution in [0.4, 0.5) is 0 Å². The number of rotatable bonds is 4. The SMILES string of the molecule is N[C@H](C=O)CCCO. The van der Waals surface area contributed by atoms with Crippen LogP contribution in [0.3, 0.4) is 0 Å². The van der Waals surface area contributed by atoms with E-state index in [1.165, 1.54) is 0 Å². The molecule has 0 aliphatic rings. The Morgan fingerprint density at radius 1 is 1.75 bits per heavy atom. The molecule has 0 unspecified atom stereocenters. The molecule has 0 aliphatic heterocycles. The van der Waals surface area contributed by atoms with Crippen LogP contribution >= 0.6 is 0 Å². The normalized spacial score (nSPS) is 13.2. The number of hydrogen-bond acceptors (Lipinski definition) is 3. The fourth-order valence-corrected chi connectivity index (χ4v) is 0.395. The van der Waals surface area contributed by atoms with E-state index in [-0.39, 0.29) is 12.6 Å². The van der Waals surface area contributed by atoms with Gasteiger partial charge >= 0.3 is 0 Å². The Kier molecular flexibility index (Phi) is 4.50. The maximum Gasteiger partial charge on any atom is 0.136 e. The van der Waals surface area contributed by atoms with Crippen molar-refractivity contribution in [2.75, 3.05) is 6.61 Å². The molecular formula is C5H11NO2. The van der Waals surface area contributed by atoms with Crippen LogP contribution in [0, 0.1) is 0 Å². The number of aliphatic hydroxyl groups excluding tert-OH is 1. The fourth-order valence-electron chi connectivity index (χ4n) is 0.395. The van der Waals surface area contributed by atoms with Crippen molar-refractivity contribution in [3.8, 4) is 0 Å². The van der Waals surface area contributed by atoms with Gasteiger partial charge in [-0.1, -0.05) is 0 Å². The molecular weight excluding hydrogens is 106 g/mol. The molecule has 0 bridgehead atoms. The molecule has 3 nitrogen and oxygen atoms in total. The van der Waals surface area contributed by atoms with Crippen molar-refractivity contribution in [2.24, 2.45) is 5.73 Å². The molecule has 0 rings (SSSR count). The van der Waals surface area contributed by atoms with Gasteiger partial charge in [0.2, 0.25) is 0 Å². The summed E-state index contributed by atoms with van der Waals surface area (Å²) in [4.78, 5) is 9.80. The van der Waals surface area contributed by atoms with Gasteiger partial charge in [-0.15, -0.1) is 0 Å². The minimum Gasteiger partial charge on any atom is -0.396 e. The highest BCUT2D eigenvalue weighted by molar-refractivity contribution is 5.56. The summed E-state index contributed by atoms with van der Waals surface area (Å²) in [7, 11) is 0. The summed E-state index contributed by atoms with van der Waals surface area (Å²) in [6, 6.07) is -0.387. The highest BCUT2D eigenvalue weighted by atomic mass is 16.2. The first-order valence-corrected chi connectivity index (χ1v) is 2.63. The minimum atomic E-state index is -0.387. The predicted octanol–water partition coefficient (Wildman–Crippen LogP) is -0.715. The molecule has 0 aromatic rings. The maximum atomic E-state index is 9.80. The lowest BCUT2D eigenvalue weighted by molar-refractivity contribution is -0.109. The van der Waals surface area contributed by atoms with Crippen molar-refractivity contribution >= 4 is 6.29 Å². The Labute approximate surface area is 48.5 Å². The van der Waals surface area contributed by atoms with E-state index in [0.29, 0.717) is 19.1 Å². The zero-order chi connectivity index (χ0) is 6.41. The molecule has 0 saturated carbocycles. The Morgan fingerprint density at radius 2 is 2.38 bits per heavy atom. The maximum absolute atomic E-state index is 9.80. The summed E-state index contributed by atoms with van der Waals surface area (Å²) in [6.45, 7) is 0.113. The van der Waals surface area contributed by atoms with Gasteiger partial charge in [-0.25, -0.2) is 0 Å². The van der Waals surface area contributed by atoms with Crippen molar-refractivity contribution in [1.29, 1.82) is 0 Å². The van der Waals surface area contributed by atoms with Crippen molar-refractivity contribution in [2.45, 2.75) is 18.9 Å². The molecule has 0 spiro atoms. The number of hydrogen-bond donors (Lipinski definition) is 2. The smallest absolute Gasteiger partial charge is 0.136 e. The summed E-state index contributed by atoms with van der Waals surface area (Å²) >= 11 is 0. The highest BCUT2D eigenvalue weighted by Crippen LogP contribution is 1.88. The van der Waals surface area contributed by atoms with Gasteiger partial charge in [0.1, 0.15) is 6.29 Å². The van der Waals surface area contributed by atoms with Crippen molar-refractivity contribution in [1.82, 2.24) is 0 Å². The Hall–Kier alpha value is -0.410. The van der Waals surface area contributed by atoms with Gasteiger partial charge < -0.3 is 15.6 Å². The van der Waals surface area contributed by atoms with E-state index in [1.807, 2.05) is 0 Å². The van der Waals surface area contributed by atoms with Crippen LogP contribution in [0.2, 0.25) is 0 Å². The minimum absolute atomic E-state index is 0.113. The van der Waals surface area contributed by atoms with Crippen LogP contribution in [0.5, 0.6) is 0 Å². The highest BCUT2D eigenvalue weighted by Gasteiger charge is 1.96. The Morgan fingerprint density at radius 3 is 2.75 bits per heavy atom. The van der Waals surface area contributed by atoms with E-state index in [2.05, 4.69) is 0 Å². The van der Waals surface area contributed by atoms with E-state index >= 15 is 0 Å². The third kappa shape index (κ3) is 3.77. The first kappa shape index (κ1) is 7.59. The second-order valence-corrected chi connectivity index (χ2v) is 1.67. The summed E-state index contributed by atoms with van der Waals surface area (Å²) in [5.41, 5.74) is 5.18. The number of nitrogens with two attached hydrogens (primary N) is 1. The van der Waals surface area contributed by atoms with Crippen LogP contribution in [0.1, 0.15) is 12.8 Å². The third-order valence-corrected chi connectivity index (χ3v) is 0.870. The van der Waals surface area contributed by atoms with E-state index in [9.17, 15) is 4.79 Å². The van der Waals surface area contributed by atoms with Gasteiger partial charge in [-0.05, 0) is 12.8 Å². The Balaban J connectivity index is 2.98. The van der Waals surface area contributed by atoms with Crippen molar-refractivity contribution in [3.05, 3.63) is 0 Å². The van der Waals surface area contributed by atoms with Gasteiger partial charge in [0, 0.05) is 6.61 Å². The molecule has 0 aromatic carbocycles. The van der Waals surface area contributed by atoms with Crippen LogP contribution in [-0.2, 0) is 4.79 Å². The van der Waals surface area contributed by atoms with E-state index < -0.39 is 0 Å². The molecule has 3 heteroatoms. The largest absolute Gasteiger partial charge is 0.396 e. The summed E-state index contributed by atoms with van der Waals surface area (Å²) in [5.74, 6) is 0. The van der Waals surface area contributed by atoms with Crippen LogP contribution in [-0.4, -0.2) is 24.0 Å². The van der Waals surface area contributed by atoms with Crippen LogP contribution < -0.4 is 5.73 Å². The molecule has 0 aromatic heterocycles. The van der Waals surface area contributed by atoms with E-state index in [0.717, 1.165) is 0 Å². The van der Waals surface area contributed by atoms with E-state index in [4.69, 9.17) is 10.8 Å². The number of aldehydes is 1. The first-order valence-electron chi connectivity index (χ1n) is 2.63. The lowest BCUT2D eigenvalue weighted by Gasteiger charge is -1.98. The molecule has 0 heterocycles. The summed E-state index contributed by atoms with van der Waals surface area (Å²) < 4.78 is 0. The summed E-state index contributed by atoms with van der Waals surface area (Å²) in [5, 5.41) is 8.24. The van der Waals surface area contributed by atoms with Crippen LogP contribution in [0.25, 0.3) is 0 Å². The number of aliphatic hydroxyl groups is 1. The average molecular weight is 117 g/mol. The lowest BCUT2D eigenvalue weighted by Crippen LogP contribution is -2.21. The average Bonchev–Trinajstić information content (AvgIpc) is 1.83. The summed E-state index contributed by atoms with van der Waals surface area (Å²) in [6.07, 6.45) is 1.88.